The molecule has 5 rings (SSSR count). The lowest BCUT2D eigenvalue weighted by Gasteiger charge is -2.42. The van der Waals surface area contributed by atoms with Crippen LogP contribution in [-0.2, 0) is 7.05 Å². The second-order valence-corrected chi connectivity index (χ2v) is 10.2. The molecule has 0 bridgehead atoms. The number of anilines is 1. The molecule has 184 valence electrons. The summed E-state index contributed by atoms with van der Waals surface area (Å²) in [7, 11) is 5.80. The molecule has 1 aromatic heterocycles. The summed E-state index contributed by atoms with van der Waals surface area (Å²) in [6.45, 7) is 6.31. The van der Waals surface area contributed by atoms with Gasteiger partial charge in [0.2, 0.25) is 0 Å². The van der Waals surface area contributed by atoms with Crippen LogP contribution in [0.1, 0.15) is 38.9 Å². The van der Waals surface area contributed by atoms with Gasteiger partial charge in [0.25, 0.3) is 0 Å². The molecule has 2 atom stereocenters. The quantitative estimate of drug-likeness (QED) is 0.342. The van der Waals surface area contributed by atoms with Gasteiger partial charge in [-0.1, -0.05) is 31.2 Å². The molecule has 1 aliphatic rings. The number of aryl methyl sites for hydroxylation is 1. The summed E-state index contributed by atoms with van der Waals surface area (Å²) in [4.78, 5) is 14.2. The van der Waals surface area contributed by atoms with Crippen LogP contribution in [0, 0.1) is 0 Å². The van der Waals surface area contributed by atoms with Crippen molar-refractivity contribution in [1.29, 1.82) is 0 Å². The van der Waals surface area contributed by atoms with Crippen LogP contribution in [0.25, 0.3) is 32.6 Å². The molecule has 0 spiro atoms. The van der Waals surface area contributed by atoms with Gasteiger partial charge in [-0.2, -0.15) is 0 Å². The zero-order valence-electron chi connectivity index (χ0n) is 21.2. The number of ether oxygens (including phenoxy) is 1. The Balaban J connectivity index is 2.01. The molecule has 0 saturated carbocycles. The molecule has 1 aliphatic heterocycles. The summed E-state index contributed by atoms with van der Waals surface area (Å²) in [6, 6.07) is 13.8. The zero-order valence-corrected chi connectivity index (χ0v) is 21.2. The van der Waals surface area contributed by atoms with Crippen LogP contribution in [0.4, 0.5) is 5.69 Å². The first-order valence-corrected chi connectivity index (χ1v) is 12.1. The van der Waals surface area contributed by atoms with E-state index in [-0.39, 0.29) is 5.43 Å². The molecule has 0 amide bonds. The summed E-state index contributed by atoms with van der Waals surface area (Å²) in [6.07, 6.45) is -1.47. The first-order valence-electron chi connectivity index (χ1n) is 12.1. The zero-order chi connectivity index (χ0) is 25.2. The highest BCUT2D eigenvalue weighted by Gasteiger charge is 2.44. The van der Waals surface area contributed by atoms with E-state index in [0.29, 0.717) is 34.1 Å². The van der Waals surface area contributed by atoms with E-state index in [1.165, 1.54) is 0 Å². The monoisotopic (exact) mass is 475 g/mol. The van der Waals surface area contributed by atoms with Crippen molar-refractivity contribution in [2.24, 2.45) is 7.05 Å². The molecular weight excluding hydrogens is 442 g/mol. The Morgan fingerprint density at radius 2 is 1.74 bits per heavy atom. The van der Waals surface area contributed by atoms with Crippen LogP contribution in [-0.4, -0.2) is 52.1 Å². The van der Waals surface area contributed by atoms with E-state index in [9.17, 15) is 15.0 Å². The van der Waals surface area contributed by atoms with E-state index in [0.717, 1.165) is 28.4 Å². The van der Waals surface area contributed by atoms with Crippen LogP contribution in [0.2, 0.25) is 0 Å². The largest absolute Gasteiger partial charge is 0.484 e. The average Bonchev–Trinajstić information content (AvgIpc) is 2.82. The minimum Gasteiger partial charge on any atom is -0.484 e. The van der Waals surface area contributed by atoms with Crippen LogP contribution in [0.5, 0.6) is 5.75 Å². The smallest absolute Gasteiger partial charge is 0.199 e. The van der Waals surface area contributed by atoms with Gasteiger partial charge in [-0.25, -0.2) is 5.01 Å². The van der Waals surface area contributed by atoms with Gasteiger partial charge >= 0.3 is 0 Å². The van der Waals surface area contributed by atoms with E-state index in [4.69, 9.17) is 4.74 Å². The van der Waals surface area contributed by atoms with Gasteiger partial charge in [0, 0.05) is 44.7 Å². The highest BCUT2D eigenvalue weighted by atomic mass is 16.5. The molecule has 0 radical (unpaired) electrons. The van der Waals surface area contributed by atoms with Gasteiger partial charge in [0.15, 0.2) is 5.43 Å². The Labute approximate surface area is 204 Å². The van der Waals surface area contributed by atoms with E-state index in [1.54, 1.807) is 13.8 Å². The number of aromatic nitrogens is 1. The Bertz CT molecular complexity index is 1520. The normalized spacial score (nSPS) is 19.3. The van der Waals surface area contributed by atoms with Gasteiger partial charge < -0.3 is 24.5 Å². The molecule has 2 N–H and O–H groups in total. The van der Waals surface area contributed by atoms with Crippen molar-refractivity contribution in [3.63, 3.8) is 0 Å². The number of pyridine rings is 1. The summed E-state index contributed by atoms with van der Waals surface area (Å²) >= 11 is 0. The summed E-state index contributed by atoms with van der Waals surface area (Å²) in [5.74, 6) is 0.480. The maximum Gasteiger partial charge on any atom is 0.199 e. The summed E-state index contributed by atoms with van der Waals surface area (Å²) in [5.41, 5.74) is 1.42. The molecular formula is C28H33N3O4. The fourth-order valence-corrected chi connectivity index (χ4v) is 5.37. The van der Waals surface area contributed by atoms with Gasteiger partial charge in [-0.05, 0) is 43.2 Å². The summed E-state index contributed by atoms with van der Waals surface area (Å²) in [5, 5.41) is 29.4. The third-order valence-corrected chi connectivity index (χ3v) is 7.19. The van der Waals surface area contributed by atoms with Gasteiger partial charge in [0.05, 0.1) is 22.1 Å². The number of fused-ring (bicyclic) bond motifs is 5. The van der Waals surface area contributed by atoms with Crippen LogP contribution in [0.3, 0.4) is 0 Å². The number of nitrogens with zero attached hydrogens (tertiary/aromatic N) is 3. The Morgan fingerprint density at radius 1 is 1.09 bits per heavy atom. The lowest BCUT2D eigenvalue weighted by atomic mass is 9.86. The molecule has 3 aromatic carbocycles. The van der Waals surface area contributed by atoms with Crippen molar-refractivity contribution in [3.05, 3.63) is 58.3 Å². The molecule has 0 saturated heterocycles. The molecule has 4 aromatic rings. The van der Waals surface area contributed by atoms with Crippen molar-refractivity contribution < 1.29 is 14.9 Å². The van der Waals surface area contributed by atoms with E-state index < -0.39 is 17.8 Å². The number of aliphatic hydroxyl groups excluding tert-OH is 2. The molecule has 2 heterocycles. The van der Waals surface area contributed by atoms with Gasteiger partial charge in [0.1, 0.15) is 23.6 Å². The molecule has 2 unspecified atom stereocenters. The van der Waals surface area contributed by atoms with Gasteiger partial charge in [-0.3, -0.25) is 4.79 Å². The number of rotatable bonds is 4. The number of hydrogen-bond donors (Lipinski definition) is 2. The van der Waals surface area contributed by atoms with Crippen molar-refractivity contribution in [2.45, 2.75) is 45.0 Å². The van der Waals surface area contributed by atoms with Crippen molar-refractivity contribution in [2.75, 3.05) is 25.6 Å². The maximum absolute atomic E-state index is 14.2. The standard InChI is InChI=1S/C28H33N3O4/c1-7-12-31(29(4)5)20-15-21-23(26(33)27(34)28(2,3)35-21)24-22(20)25(32)18-13-16-10-8-9-11-17(16)14-19(18)30(24)6/h8-11,13-15,26-27,33-34H,7,12H2,1-6H3. The van der Waals surface area contributed by atoms with Crippen molar-refractivity contribution in [1.82, 2.24) is 9.58 Å². The number of hydrogen-bond acceptors (Lipinski definition) is 6. The van der Waals surface area contributed by atoms with Gasteiger partial charge in [-0.15, -0.1) is 0 Å². The van der Waals surface area contributed by atoms with Crippen molar-refractivity contribution in [3.8, 4) is 5.75 Å². The first kappa shape index (κ1) is 23.6. The highest BCUT2D eigenvalue weighted by Crippen LogP contribution is 2.46. The summed E-state index contributed by atoms with van der Waals surface area (Å²) < 4.78 is 8.22. The Hall–Kier alpha value is -3.13. The van der Waals surface area contributed by atoms with Crippen molar-refractivity contribution >= 4 is 38.3 Å². The minimum atomic E-state index is -1.20. The second-order valence-electron chi connectivity index (χ2n) is 10.2. The molecule has 7 nitrogen and oxygen atoms in total. The highest BCUT2D eigenvalue weighted by molar-refractivity contribution is 6.06. The molecule has 0 aliphatic carbocycles. The number of aliphatic hydroxyl groups is 2. The van der Waals surface area contributed by atoms with Crippen LogP contribution >= 0.6 is 0 Å². The third-order valence-electron chi connectivity index (χ3n) is 7.19. The maximum atomic E-state index is 14.2. The molecule has 35 heavy (non-hydrogen) atoms. The number of benzene rings is 3. The fraction of sp³-hybridized carbons (Fsp3) is 0.393. The third kappa shape index (κ3) is 3.49. The number of hydrazine groups is 1. The molecule has 7 heteroatoms. The van der Waals surface area contributed by atoms with E-state index in [2.05, 4.69) is 11.9 Å². The van der Waals surface area contributed by atoms with Crippen LogP contribution < -0.4 is 15.2 Å². The SMILES string of the molecule is CCCN(c1cc2c(c3c1c(=O)c1cc4ccccc4cc1n3C)C(O)C(O)C(C)(C)O2)N(C)C. The second kappa shape index (κ2) is 8.22. The van der Waals surface area contributed by atoms with E-state index >= 15 is 0 Å². The lowest BCUT2D eigenvalue weighted by Crippen LogP contribution is -2.49. The molecule has 0 fully saturated rings. The minimum absolute atomic E-state index is 0.105. The topological polar surface area (TPSA) is 78.2 Å². The predicted octanol–water partition coefficient (Wildman–Crippen LogP) is 4.10. The fourth-order valence-electron chi connectivity index (χ4n) is 5.37. The van der Waals surface area contributed by atoms with E-state index in [1.807, 2.05) is 73.2 Å². The Kier molecular flexibility index (Phi) is 5.55. The van der Waals surface area contributed by atoms with Crippen LogP contribution in [0.15, 0.2) is 47.3 Å². The predicted molar refractivity (Wildman–Crippen MR) is 141 cm³/mol. The lowest BCUT2D eigenvalue weighted by molar-refractivity contribution is -0.111. The Morgan fingerprint density at radius 3 is 2.37 bits per heavy atom. The average molecular weight is 476 g/mol. The first-order chi connectivity index (χ1) is 16.6.